The summed E-state index contributed by atoms with van der Waals surface area (Å²) in [5.74, 6) is -1.02. The number of hydrogen-bond acceptors (Lipinski definition) is 7. The molecular weight excluding hydrogens is 530 g/mol. The van der Waals surface area contributed by atoms with Crippen molar-refractivity contribution in [2.45, 2.75) is 94.1 Å². The maximum absolute atomic E-state index is 13.9. The van der Waals surface area contributed by atoms with Gasteiger partial charge in [-0.15, -0.1) is 0 Å². The normalized spacial score (nSPS) is 34.7. The van der Waals surface area contributed by atoms with Crippen molar-refractivity contribution in [3.8, 4) is 0 Å². The van der Waals surface area contributed by atoms with Crippen molar-refractivity contribution >= 4 is 36.0 Å². The van der Waals surface area contributed by atoms with Crippen LogP contribution in [0, 0.1) is 5.41 Å². The zero-order valence-electron chi connectivity index (χ0n) is 22.0. The Hall–Kier alpha value is -0.583. The van der Waals surface area contributed by atoms with Crippen LogP contribution in [0.15, 0.2) is 11.6 Å². The Morgan fingerprint density at radius 2 is 1.83 bits per heavy atom. The fourth-order valence-corrected chi connectivity index (χ4v) is 9.43. The molecule has 0 aromatic heterocycles. The van der Waals surface area contributed by atoms with Crippen LogP contribution in [0.2, 0.25) is 19.6 Å². The third-order valence-electron chi connectivity index (χ3n) is 8.13. The quantitative estimate of drug-likeness (QED) is 0.227. The number of hydrogen-bond donors (Lipinski definition) is 0. The number of ether oxygens (including phenoxy) is 3. The average Bonchev–Trinajstić information content (AvgIpc) is 3.43. The Balaban J connectivity index is 1.69. The number of nitrogens with zero attached hydrogens (tertiary/aromatic N) is 1. The molecule has 3 fully saturated rings. The summed E-state index contributed by atoms with van der Waals surface area (Å²) in [5, 5.41) is 0. The summed E-state index contributed by atoms with van der Waals surface area (Å²) in [6.45, 7) is 14.2. The minimum absolute atomic E-state index is 0.0424. The third-order valence-corrected chi connectivity index (χ3v) is 10.1. The first kappa shape index (κ1) is 27.5. The van der Waals surface area contributed by atoms with Crippen molar-refractivity contribution in [1.29, 1.82) is 0 Å². The van der Waals surface area contributed by atoms with Crippen molar-refractivity contribution in [3.05, 3.63) is 11.6 Å². The van der Waals surface area contributed by atoms with Gasteiger partial charge in [0.1, 0.15) is 5.41 Å². The number of halogens is 1. The number of carbonyl (C=O) groups excluding carboxylic acids is 2. The van der Waals surface area contributed by atoms with Gasteiger partial charge in [-0.25, -0.2) is 0 Å². The number of piperidine rings is 1. The van der Waals surface area contributed by atoms with Gasteiger partial charge >= 0.3 is 5.97 Å². The maximum atomic E-state index is 13.9. The van der Waals surface area contributed by atoms with E-state index < -0.39 is 25.1 Å². The molecule has 0 aromatic rings. The summed E-state index contributed by atoms with van der Waals surface area (Å²) >= 11 is 4.03. The molecule has 0 amide bonds. The molecule has 2 saturated heterocycles. The number of fused-ring (bicyclic) bond motifs is 2. The summed E-state index contributed by atoms with van der Waals surface area (Å²) in [5.41, 5.74) is -0.941. The molecule has 7 nitrogen and oxygen atoms in total. The maximum Gasteiger partial charge on any atom is 0.316 e. The SMILES string of the molecule is CCOC(=O)[C@]12CN(CC)C[C@@](Br)(CC[C@@]1(CCC(=O)C1=CCCC13OCCO3)O[Si](C)(C)C)C2. The van der Waals surface area contributed by atoms with E-state index in [9.17, 15) is 9.59 Å². The molecule has 1 spiro atoms. The van der Waals surface area contributed by atoms with Gasteiger partial charge in [-0.05, 0) is 65.2 Å². The second kappa shape index (κ2) is 9.95. The first-order valence-electron chi connectivity index (χ1n) is 13.2. The zero-order chi connectivity index (χ0) is 25.5. The number of ketones is 1. The Morgan fingerprint density at radius 1 is 1.11 bits per heavy atom. The average molecular weight is 573 g/mol. The van der Waals surface area contributed by atoms with Crippen molar-refractivity contribution in [3.63, 3.8) is 0 Å². The highest BCUT2D eigenvalue weighted by atomic mass is 79.9. The molecule has 0 aromatic carbocycles. The van der Waals surface area contributed by atoms with Crippen molar-refractivity contribution in [2.24, 2.45) is 5.41 Å². The van der Waals surface area contributed by atoms with Gasteiger partial charge in [-0.3, -0.25) is 9.59 Å². The molecule has 4 aliphatic rings. The van der Waals surface area contributed by atoms with E-state index in [1.807, 2.05) is 13.0 Å². The molecule has 0 N–H and O–H groups in total. The van der Waals surface area contributed by atoms with Crippen molar-refractivity contribution in [2.75, 3.05) is 39.5 Å². The van der Waals surface area contributed by atoms with Crippen LogP contribution in [0.4, 0.5) is 0 Å². The first-order valence-corrected chi connectivity index (χ1v) is 17.4. The van der Waals surface area contributed by atoms with Gasteiger partial charge in [-0.1, -0.05) is 28.9 Å². The second-order valence-corrected chi connectivity index (χ2v) is 17.8. The molecule has 35 heavy (non-hydrogen) atoms. The monoisotopic (exact) mass is 571 g/mol. The lowest BCUT2D eigenvalue weighted by molar-refractivity contribution is -0.195. The summed E-state index contributed by atoms with van der Waals surface area (Å²) in [4.78, 5) is 29.8. The highest BCUT2D eigenvalue weighted by Crippen LogP contribution is 2.59. The summed E-state index contributed by atoms with van der Waals surface area (Å²) in [7, 11) is -2.10. The Labute approximate surface area is 219 Å². The van der Waals surface area contributed by atoms with E-state index in [1.165, 1.54) is 0 Å². The Bertz CT molecular complexity index is 868. The molecular formula is C26H42BrNO6Si. The van der Waals surface area contributed by atoms with Crippen molar-refractivity contribution < 1.29 is 28.2 Å². The summed E-state index contributed by atoms with van der Waals surface area (Å²) < 4.78 is 24.5. The van der Waals surface area contributed by atoms with Gasteiger partial charge in [0.25, 0.3) is 0 Å². The molecule has 4 rings (SSSR count). The molecule has 0 unspecified atom stereocenters. The van der Waals surface area contributed by atoms with Gasteiger partial charge in [0, 0.05) is 35.8 Å². The minimum Gasteiger partial charge on any atom is -0.465 e. The molecule has 2 bridgehead atoms. The Morgan fingerprint density at radius 3 is 2.46 bits per heavy atom. The number of esters is 1. The highest BCUT2D eigenvalue weighted by Gasteiger charge is 2.67. The largest absolute Gasteiger partial charge is 0.465 e. The van der Waals surface area contributed by atoms with Crippen LogP contribution in [0.5, 0.6) is 0 Å². The van der Waals surface area contributed by atoms with Gasteiger partial charge in [0.15, 0.2) is 19.9 Å². The van der Waals surface area contributed by atoms with Gasteiger partial charge in [-0.2, -0.15) is 0 Å². The smallest absolute Gasteiger partial charge is 0.316 e. The molecule has 3 atom stereocenters. The van der Waals surface area contributed by atoms with E-state index in [-0.39, 0.29) is 16.1 Å². The van der Waals surface area contributed by atoms with Crippen LogP contribution in [-0.4, -0.2) is 80.1 Å². The van der Waals surface area contributed by atoms with E-state index in [0.717, 1.165) is 32.4 Å². The number of Topliss-reactive ketones (excluding diaryl/α,β-unsaturated/α-hetero) is 1. The van der Waals surface area contributed by atoms with Crippen LogP contribution in [0.25, 0.3) is 0 Å². The zero-order valence-corrected chi connectivity index (χ0v) is 24.6. The van der Waals surface area contributed by atoms with Gasteiger partial charge < -0.3 is 23.5 Å². The van der Waals surface area contributed by atoms with Gasteiger partial charge in [0.05, 0.1) is 25.4 Å². The molecule has 1 saturated carbocycles. The molecule has 0 radical (unpaired) electrons. The number of rotatable bonds is 9. The third kappa shape index (κ3) is 5.10. The molecule has 9 heteroatoms. The van der Waals surface area contributed by atoms with Crippen molar-refractivity contribution in [1.82, 2.24) is 4.90 Å². The number of allylic oxidation sites excluding steroid dienone is 1. The lowest BCUT2D eigenvalue weighted by atomic mass is 9.56. The van der Waals surface area contributed by atoms with Crippen LogP contribution in [0.3, 0.4) is 0 Å². The van der Waals surface area contributed by atoms with E-state index in [4.69, 9.17) is 18.6 Å². The number of alkyl halides is 1. The van der Waals surface area contributed by atoms with Crippen LogP contribution in [-0.2, 0) is 28.2 Å². The Kier molecular flexibility index (Phi) is 7.80. The van der Waals surface area contributed by atoms with Gasteiger partial charge in [0.2, 0.25) is 0 Å². The predicted octanol–water partition coefficient (Wildman–Crippen LogP) is 4.59. The minimum atomic E-state index is -2.10. The highest BCUT2D eigenvalue weighted by molar-refractivity contribution is 9.10. The predicted molar refractivity (Wildman–Crippen MR) is 140 cm³/mol. The lowest BCUT2D eigenvalue weighted by Crippen LogP contribution is -2.71. The van der Waals surface area contributed by atoms with E-state index in [2.05, 4.69) is 47.4 Å². The summed E-state index contributed by atoms with van der Waals surface area (Å²) in [6, 6.07) is 0. The molecule has 198 valence electrons. The van der Waals surface area contributed by atoms with Crippen LogP contribution >= 0.6 is 15.9 Å². The van der Waals surface area contributed by atoms with E-state index >= 15 is 0 Å². The van der Waals surface area contributed by atoms with E-state index in [0.29, 0.717) is 57.6 Å². The standard InChI is InChI=1S/C26H42BrNO6Si/c1-6-28-18-23(27)13-14-25(34-35(3,4)5,24(17-23,19-28)22(30)31-7-2)12-10-21(29)20-9-8-11-26(20)32-15-16-33-26/h9H,6-8,10-19H2,1-5H3/t23-,24+,25-/m1/s1. The lowest BCUT2D eigenvalue weighted by Gasteiger charge is -2.62. The first-order chi connectivity index (χ1) is 16.4. The number of likely N-dealkylation sites (tertiary alicyclic amines) is 1. The second-order valence-electron chi connectivity index (χ2n) is 11.7. The topological polar surface area (TPSA) is 74.3 Å². The number of carbonyl (C=O) groups is 2. The fraction of sp³-hybridized carbons (Fsp3) is 0.846. The fourth-order valence-electron chi connectivity index (χ4n) is 6.82. The van der Waals surface area contributed by atoms with Crippen LogP contribution < -0.4 is 0 Å². The molecule has 2 aliphatic heterocycles. The van der Waals surface area contributed by atoms with E-state index in [1.54, 1.807) is 0 Å². The van der Waals surface area contributed by atoms with Crippen LogP contribution in [0.1, 0.15) is 58.8 Å². The summed E-state index contributed by atoms with van der Waals surface area (Å²) in [6.07, 6.45) is 6.51. The molecule has 2 heterocycles. The molecule has 2 aliphatic carbocycles.